The third kappa shape index (κ3) is 2.07. The molecule has 0 aromatic heterocycles. The van der Waals surface area contributed by atoms with Crippen LogP contribution in [0.4, 0.5) is 0 Å². The molecule has 1 heterocycles. The van der Waals surface area contributed by atoms with Crippen LogP contribution in [0.25, 0.3) is 0 Å². The number of nitrogens with zero attached hydrogens (tertiary/aromatic N) is 1. The van der Waals surface area contributed by atoms with Gasteiger partial charge in [0.2, 0.25) is 0 Å². The van der Waals surface area contributed by atoms with Gasteiger partial charge in [0, 0.05) is 0 Å². The van der Waals surface area contributed by atoms with E-state index in [2.05, 4.69) is 45.5 Å². The van der Waals surface area contributed by atoms with Crippen molar-refractivity contribution >= 4 is 23.2 Å². The van der Waals surface area contributed by atoms with Crippen LogP contribution < -0.4 is 0 Å². The van der Waals surface area contributed by atoms with Gasteiger partial charge in [0.15, 0.2) is 0 Å². The second kappa shape index (κ2) is 4.04. The van der Waals surface area contributed by atoms with Gasteiger partial charge in [0.05, 0.1) is 0 Å². The fraction of sp³-hybridized carbons (Fsp3) is 0.200. The van der Waals surface area contributed by atoms with E-state index in [1.807, 2.05) is 0 Å². The Bertz CT molecular complexity index is 268. The van der Waals surface area contributed by atoms with Gasteiger partial charge in [-0.3, -0.25) is 0 Å². The molecule has 1 aliphatic rings. The molecule has 1 aromatic carbocycles. The number of hydrogen-bond acceptors (Lipinski definition) is 1. The van der Waals surface area contributed by atoms with Crippen molar-refractivity contribution in [3.8, 4) is 0 Å². The molecule has 0 atom stereocenters. The Balaban J connectivity index is 1.99. The summed E-state index contributed by atoms with van der Waals surface area (Å²) in [6, 6.07) is 10.7. The van der Waals surface area contributed by atoms with Gasteiger partial charge in [-0.05, 0) is 0 Å². The van der Waals surface area contributed by atoms with Crippen LogP contribution in [0, 0.1) is 0 Å². The molecule has 1 nitrogen and oxygen atoms in total. The molecule has 0 aliphatic carbocycles. The molecule has 1 aliphatic heterocycles. The average molecular weight is 260 g/mol. The van der Waals surface area contributed by atoms with Crippen LogP contribution in [0.2, 0.25) is 4.18 Å². The fourth-order valence-corrected chi connectivity index (χ4v) is 4.50. The Morgan fingerprint density at radius 1 is 1.25 bits per heavy atom. The van der Waals surface area contributed by atoms with Crippen molar-refractivity contribution < 1.29 is 0 Å². The van der Waals surface area contributed by atoms with Gasteiger partial charge < -0.3 is 0 Å². The van der Waals surface area contributed by atoms with E-state index in [9.17, 15) is 0 Å². The summed E-state index contributed by atoms with van der Waals surface area (Å²) in [5.41, 5.74) is 1.44. The second-order valence-corrected chi connectivity index (χ2v) is 7.24. The molecule has 0 N–H and O–H groups in total. The first-order valence-corrected chi connectivity index (χ1v) is 8.05. The first kappa shape index (κ1) is 8.24. The van der Waals surface area contributed by atoms with Gasteiger partial charge in [-0.25, -0.2) is 0 Å². The van der Waals surface area contributed by atoms with E-state index >= 15 is 0 Å². The van der Waals surface area contributed by atoms with Gasteiger partial charge in [0.1, 0.15) is 0 Å². The molecule has 0 unspecified atom stereocenters. The van der Waals surface area contributed by atoms with Gasteiger partial charge in [-0.1, -0.05) is 0 Å². The van der Waals surface area contributed by atoms with E-state index in [-0.39, 0.29) is 23.2 Å². The molecule has 0 spiro atoms. The first-order chi connectivity index (χ1) is 5.95. The summed E-state index contributed by atoms with van der Waals surface area (Å²) >= 11 is -0.384. The van der Waals surface area contributed by atoms with Crippen LogP contribution in [0.1, 0.15) is 5.56 Å². The molecule has 0 fully saturated rings. The van der Waals surface area contributed by atoms with Crippen LogP contribution >= 0.6 is 0 Å². The molecular weight excluding hydrogens is 249 g/mol. The van der Waals surface area contributed by atoms with E-state index in [1.165, 1.54) is 9.74 Å². The van der Waals surface area contributed by atoms with Gasteiger partial charge in [-0.15, -0.1) is 0 Å². The SMILES string of the molecule is C1=C[N](Cc2ccccc2)[In][CH2]1. The molecule has 0 saturated carbocycles. The third-order valence-electron chi connectivity index (χ3n) is 1.98. The second-order valence-electron chi connectivity index (χ2n) is 2.96. The van der Waals surface area contributed by atoms with E-state index in [4.69, 9.17) is 0 Å². The summed E-state index contributed by atoms with van der Waals surface area (Å²) < 4.78 is 3.92. The number of benzene rings is 1. The predicted molar refractivity (Wildman–Crippen MR) is 51.7 cm³/mol. The van der Waals surface area contributed by atoms with Gasteiger partial charge in [0.25, 0.3) is 0 Å². The standard InChI is InChI=1S/C10H11N.In/c1-2-8-11-9-10-6-4-3-5-7-10;/h2-8H,1,9H2;/q-1;+1. The average Bonchev–Trinajstić information content (AvgIpc) is 2.59. The van der Waals surface area contributed by atoms with Crippen molar-refractivity contribution in [3.63, 3.8) is 0 Å². The summed E-state index contributed by atoms with van der Waals surface area (Å²) in [6.45, 7) is 1.14. The summed E-state index contributed by atoms with van der Waals surface area (Å²) in [5.74, 6) is 0. The van der Waals surface area contributed by atoms with Crippen LogP contribution in [-0.2, 0) is 6.54 Å². The molecule has 0 amide bonds. The van der Waals surface area contributed by atoms with Crippen molar-refractivity contribution in [2.75, 3.05) is 0 Å². The molecule has 0 saturated heterocycles. The first-order valence-electron chi connectivity index (χ1n) is 4.25. The zero-order chi connectivity index (χ0) is 8.23. The zero-order valence-electron chi connectivity index (χ0n) is 6.98. The van der Waals surface area contributed by atoms with Crippen molar-refractivity contribution in [3.05, 3.63) is 48.2 Å². The summed E-state index contributed by atoms with van der Waals surface area (Å²) in [6.07, 6.45) is 4.58. The third-order valence-corrected chi connectivity index (χ3v) is 5.71. The quantitative estimate of drug-likeness (QED) is 0.786. The zero-order valence-corrected chi connectivity index (χ0v) is 10.3. The normalized spacial score (nSPS) is 14.8. The van der Waals surface area contributed by atoms with Crippen LogP contribution in [0.5, 0.6) is 0 Å². The Labute approximate surface area is 84.8 Å². The fourth-order valence-electron chi connectivity index (χ4n) is 1.36. The van der Waals surface area contributed by atoms with Crippen LogP contribution in [0.15, 0.2) is 42.6 Å². The molecule has 1 aromatic rings. The van der Waals surface area contributed by atoms with E-state index in [1.54, 1.807) is 0 Å². The topological polar surface area (TPSA) is 3.24 Å². The van der Waals surface area contributed by atoms with Crippen molar-refractivity contribution in [2.24, 2.45) is 0 Å². The molecular formula is C10H11InN. The summed E-state index contributed by atoms with van der Waals surface area (Å²) in [5, 5.41) is 0. The molecule has 0 bridgehead atoms. The summed E-state index contributed by atoms with van der Waals surface area (Å²) in [7, 11) is 0. The van der Waals surface area contributed by atoms with Crippen molar-refractivity contribution in [2.45, 2.75) is 10.7 Å². The molecule has 1 radical (unpaired) electrons. The molecule has 12 heavy (non-hydrogen) atoms. The predicted octanol–water partition coefficient (Wildman–Crippen LogP) is 2.05. The number of rotatable bonds is 2. The minimum atomic E-state index is -0.384. The Morgan fingerprint density at radius 3 is 2.75 bits per heavy atom. The monoisotopic (exact) mass is 260 g/mol. The van der Waals surface area contributed by atoms with Gasteiger partial charge in [-0.2, -0.15) is 0 Å². The number of allylic oxidation sites excluding steroid dienone is 1. The molecule has 2 heteroatoms. The van der Waals surface area contributed by atoms with Crippen LogP contribution in [0.3, 0.4) is 0 Å². The Kier molecular flexibility index (Phi) is 2.77. The molecule has 2 rings (SSSR count). The Hall–Kier alpha value is -0.370. The van der Waals surface area contributed by atoms with Crippen LogP contribution in [-0.4, -0.2) is 26.1 Å². The maximum atomic E-state index is 2.53. The van der Waals surface area contributed by atoms with E-state index < -0.39 is 0 Å². The van der Waals surface area contributed by atoms with E-state index in [0.29, 0.717) is 0 Å². The minimum absolute atomic E-state index is 0.384. The summed E-state index contributed by atoms with van der Waals surface area (Å²) in [4.78, 5) is 0. The molecule has 59 valence electrons. The van der Waals surface area contributed by atoms with E-state index in [0.717, 1.165) is 6.54 Å². The van der Waals surface area contributed by atoms with Crippen molar-refractivity contribution in [1.29, 1.82) is 0 Å². The maximum absolute atomic E-state index is 2.53. The Morgan fingerprint density at radius 2 is 2.08 bits per heavy atom. The van der Waals surface area contributed by atoms with Crippen molar-refractivity contribution in [1.82, 2.24) is 2.89 Å². The number of hydrogen-bond donors (Lipinski definition) is 0. The van der Waals surface area contributed by atoms with Gasteiger partial charge >= 0.3 is 85.0 Å².